The topological polar surface area (TPSA) is 112 Å². The molecule has 0 N–H and O–H groups in total. The molecule has 0 radical (unpaired) electrons. The van der Waals surface area contributed by atoms with Gasteiger partial charge >= 0.3 is 0 Å². The first-order valence-electron chi connectivity index (χ1n) is 9.80. The molecule has 3 aromatic rings. The number of hydrogen-bond donors (Lipinski definition) is 0. The SMILES string of the molecule is COc1cc(/C=C2\SC(=O)N(Cc3ccc(Br)cc3)C2=O)ccc1Oc1ccc([N+](=O)[O-])cn1. The van der Waals surface area contributed by atoms with Crippen molar-refractivity contribution in [1.29, 1.82) is 0 Å². The van der Waals surface area contributed by atoms with E-state index in [4.69, 9.17) is 9.47 Å². The van der Waals surface area contributed by atoms with Crippen LogP contribution in [0, 0.1) is 10.1 Å². The molecule has 11 heteroatoms. The average Bonchev–Trinajstić information content (AvgIpc) is 3.09. The van der Waals surface area contributed by atoms with E-state index in [1.165, 1.54) is 24.1 Å². The molecule has 0 unspecified atom stereocenters. The molecular formula is C23H16BrN3O6S. The fourth-order valence-electron chi connectivity index (χ4n) is 3.07. The second-order valence-electron chi connectivity index (χ2n) is 7.02. The Hall–Kier alpha value is -3.70. The minimum absolute atomic E-state index is 0.149. The van der Waals surface area contributed by atoms with Gasteiger partial charge in [-0.2, -0.15) is 0 Å². The molecule has 2 heterocycles. The van der Waals surface area contributed by atoms with Crippen LogP contribution < -0.4 is 9.47 Å². The molecule has 0 spiro atoms. The molecule has 0 atom stereocenters. The zero-order valence-corrected chi connectivity index (χ0v) is 20.0. The third-order valence-electron chi connectivity index (χ3n) is 4.76. The second-order valence-corrected chi connectivity index (χ2v) is 8.93. The number of pyridine rings is 1. The lowest BCUT2D eigenvalue weighted by Gasteiger charge is -2.12. The standard InChI is InChI=1S/C23H16BrN3O6S/c1-32-19-10-15(4-8-18(19)33-21-9-7-17(12-25-21)27(30)31)11-20-22(28)26(23(29)34-20)13-14-2-5-16(24)6-3-14/h2-12H,13H2,1H3/b20-11-. The largest absolute Gasteiger partial charge is 0.493 e. The van der Waals surface area contributed by atoms with E-state index in [0.717, 1.165) is 28.0 Å². The minimum Gasteiger partial charge on any atom is -0.493 e. The Balaban J connectivity index is 1.51. The molecule has 2 amide bonds. The number of hydrogen-bond acceptors (Lipinski definition) is 8. The number of imide groups is 1. The molecule has 0 saturated carbocycles. The molecule has 2 aromatic carbocycles. The molecule has 172 valence electrons. The van der Waals surface area contributed by atoms with E-state index in [1.807, 2.05) is 24.3 Å². The van der Waals surface area contributed by atoms with Crippen molar-refractivity contribution in [1.82, 2.24) is 9.88 Å². The van der Waals surface area contributed by atoms with Crippen LogP contribution in [0.4, 0.5) is 10.5 Å². The number of carbonyl (C=O) groups excluding carboxylic acids is 2. The van der Waals surface area contributed by atoms with Gasteiger partial charge in [-0.1, -0.05) is 34.1 Å². The van der Waals surface area contributed by atoms with Crippen molar-refractivity contribution < 1.29 is 24.0 Å². The summed E-state index contributed by atoms with van der Waals surface area (Å²) in [5.41, 5.74) is 1.33. The summed E-state index contributed by atoms with van der Waals surface area (Å²) in [7, 11) is 1.46. The van der Waals surface area contributed by atoms with E-state index in [9.17, 15) is 19.7 Å². The van der Waals surface area contributed by atoms with Gasteiger partial charge in [0.15, 0.2) is 11.5 Å². The van der Waals surface area contributed by atoms with Crippen LogP contribution in [0.5, 0.6) is 17.4 Å². The van der Waals surface area contributed by atoms with Crippen molar-refractivity contribution in [3.63, 3.8) is 0 Å². The van der Waals surface area contributed by atoms with E-state index >= 15 is 0 Å². The lowest BCUT2D eigenvalue weighted by Crippen LogP contribution is -2.27. The van der Waals surface area contributed by atoms with Gasteiger partial charge in [-0.25, -0.2) is 4.98 Å². The predicted octanol–water partition coefficient (Wildman–Crippen LogP) is 5.79. The molecule has 0 bridgehead atoms. The molecule has 4 rings (SSSR count). The number of nitro groups is 1. The first-order chi connectivity index (χ1) is 16.3. The summed E-state index contributed by atoms with van der Waals surface area (Å²) >= 11 is 4.24. The Morgan fingerprint density at radius 3 is 2.53 bits per heavy atom. The molecule has 0 aliphatic carbocycles. The van der Waals surface area contributed by atoms with Crippen LogP contribution in [0.1, 0.15) is 11.1 Å². The Kier molecular flexibility index (Phi) is 6.94. The van der Waals surface area contributed by atoms with Crippen LogP contribution in [0.25, 0.3) is 6.08 Å². The van der Waals surface area contributed by atoms with Crippen LogP contribution in [0.3, 0.4) is 0 Å². The maximum Gasteiger partial charge on any atom is 0.293 e. The van der Waals surface area contributed by atoms with Crippen molar-refractivity contribution >= 4 is 50.6 Å². The van der Waals surface area contributed by atoms with E-state index in [2.05, 4.69) is 20.9 Å². The predicted molar refractivity (Wildman–Crippen MR) is 130 cm³/mol. The van der Waals surface area contributed by atoms with Crippen molar-refractivity contribution in [3.05, 3.63) is 91.4 Å². The van der Waals surface area contributed by atoms with E-state index in [1.54, 1.807) is 24.3 Å². The number of thioether (sulfide) groups is 1. The average molecular weight is 542 g/mol. The van der Waals surface area contributed by atoms with Gasteiger partial charge in [-0.3, -0.25) is 24.6 Å². The molecule has 1 aliphatic heterocycles. The monoisotopic (exact) mass is 541 g/mol. The van der Waals surface area contributed by atoms with Crippen molar-refractivity contribution in [2.75, 3.05) is 7.11 Å². The number of ether oxygens (including phenoxy) is 2. The number of benzene rings is 2. The van der Waals surface area contributed by atoms with E-state index in [0.29, 0.717) is 22.0 Å². The molecule has 1 saturated heterocycles. The number of carbonyl (C=O) groups is 2. The lowest BCUT2D eigenvalue weighted by atomic mass is 10.1. The fourth-order valence-corrected chi connectivity index (χ4v) is 4.17. The zero-order valence-electron chi connectivity index (χ0n) is 17.6. The third-order valence-corrected chi connectivity index (χ3v) is 6.20. The van der Waals surface area contributed by atoms with Crippen molar-refractivity contribution in [3.8, 4) is 17.4 Å². The van der Waals surface area contributed by atoms with Gasteiger partial charge in [0.05, 0.1) is 23.5 Å². The molecule has 34 heavy (non-hydrogen) atoms. The Morgan fingerprint density at radius 1 is 1.12 bits per heavy atom. The number of methoxy groups -OCH3 is 1. The van der Waals surface area contributed by atoms with E-state index in [-0.39, 0.29) is 29.3 Å². The first kappa shape index (κ1) is 23.5. The highest BCUT2D eigenvalue weighted by atomic mass is 79.9. The van der Waals surface area contributed by atoms with Crippen LogP contribution in [0.2, 0.25) is 0 Å². The normalized spacial score (nSPS) is 14.5. The maximum absolute atomic E-state index is 12.8. The van der Waals surface area contributed by atoms with E-state index < -0.39 is 4.92 Å². The number of amides is 2. The second kappa shape index (κ2) is 10.1. The van der Waals surface area contributed by atoms with Crippen molar-refractivity contribution in [2.24, 2.45) is 0 Å². The zero-order chi connectivity index (χ0) is 24.2. The Labute approximate surface area is 206 Å². The highest BCUT2D eigenvalue weighted by molar-refractivity contribution is 9.10. The summed E-state index contributed by atoms with van der Waals surface area (Å²) in [5.74, 6) is 0.491. The van der Waals surface area contributed by atoms with Gasteiger partial charge < -0.3 is 9.47 Å². The summed E-state index contributed by atoms with van der Waals surface area (Å²) in [6.45, 7) is 0.188. The molecule has 1 aromatic heterocycles. The lowest BCUT2D eigenvalue weighted by molar-refractivity contribution is -0.385. The number of rotatable bonds is 7. The number of nitrogens with zero attached hydrogens (tertiary/aromatic N) is 3. The maximum atomic E-state index is 12.8. The van der Waals surface area contributed by atoms with Gasteiger partial charge in [0.1, 0.15) is 6.20 Å². The minimum atomic E-state index is -0.549. The molecule has 1 aliphatic rings. The summed E-state index contributed by atoms with van der Waals surface area (Å²) < 4.78 is 12.0. The molecular weight excluding hydrogens is 526 g/mol. The molecule has 1 fully saturated rings. The Bertz CT molecular complexity index is 1300. The van der Waals surface area contributed by atoms with Gasteiger partial charge in [0.25, 0.3) is 16.8 Å². The highest BCUT2D eigenvalue weighted by Crippen LogP contribution is 2.36. The summed E-state index contributed by atoms with van der Waals surface area (Å²) in [6, 6.07) is 15.1. The van der Waals surface area contributed by atoms with Gasteiger partial charge in [-0.05, 0) is 53.2 Å². The third kappa shape index (κ3) is 5.26. The summed E-state index contributed by atoms with van der Waals surface area (Å²) in [6.07, 6.45) is 2.71. The fraction of sp³-hybridized carbons (Fsp3) is 0.0870. The Morgan fingerprint density at radius 2 is 1.88 bits per heavy atom. The van der Waals surface area contributed by atoms with Crippen LogP contribution in [-0.4, -0.2) is 33.1 Å². The van der Waals surface area contributed by atoms with Crippen LogP contribution in [0.15, 0.2) is 70.2 Å². The summed E-state index contributed by atoms with van der Waals surface area (Å²) in [5, 5.41) is 10.4. The van der Waals surface area contributed by atoms with Crippen LogP contribution >= 0.6 is 27.7 Å². The van der Waals surface area contributed by atoms with Gasteiger partial charge in [-0.15, -0.1) is 0 Å². The summed E-state index contributed by atoms with van der Waals surface area (Å²) in [4.78, 5) is 40.9. The van der Waals surface area contributed by atoms with Crippen molar-refractivity contribution in [2.45, 2.75) is 6.54 Å². The number of aromatic nitrogens is 1. The first-order valence-corrected chi connectivity index (χ1v) is 11.4. The van der Waals surface area contributed by atoms with Crippen LogP contribution in [-0.2, 0) is 11.3 Å². The van der Waals surface area contributed by atoms with Gasteiger partial charge in [0, 0.05) is 16.6 Å². The highest BCUT2D eigenvalue weighted by Gasteiger charge is 2.35. The number of halogens is 1. The smallest absolute Gasteiger partial charge is 0.293 e. The van der Waals surface area contributed by atoms with Gasteiger partial charge in [0.2, 0.25) is 5.88 Å². The quantitative estimate of drug-likeness (QED) is 0.210. The molecule has 9 nitrogen and oxygen atoms in total.